The van der Waals surface area contributed by atoms with E-state index >= 15 is 0 Å². The lowest BCUT2D eigenvalue weighted by Crippen LogP contribution is -2.39. The highest BCUT2D eigenvalue weighted by atomic mass is 35.5. The fourth-order valence-corrected chi connectivity index (χ4v) is 4.48. The van der Waals surface area contributed by atoms with Crippen LogP contribution < -0.4 is 10.2 Å². The molecule has 0 atom stereocenters. The highest BCUT2D eigenvalue weighted by Crippen LogP contribution is 2.34. The molecule has 2 heterocycles. The minimum Gasteiger partial charge on any atom is -0.381 e. The summed E-state index contributed by atoms with van der Waals surface area (Å²) >= 11 is 13.9. The molecule has 0 bridgehead atoms. The molecule has 7 heteroatoms. The SMILES string of the molecule is [O]c1ccc2nc(N3CCC(Nc4cccc(Cl)c4Cl)CC3)sc2c1. The number of fused-ring (bicyclic) bond motifs is 1. The van der Waals surface area contributed by atoms with Crippen LogP contribution in [0.25, 0.3) is 10.2 Å². The van der Waals surface area contributed by atoms with Gasteiger partial charge < -0.3 is 10.2 Å². The number of nitrogens with zero attached hydrogens (tertiary/aromatic N) is 2. The molecule has 25 heavy (non-hydrogen) atoms. The maximum Gasteiger partial charge on any atom is 0.186 e. The molecule has 1 aromatic heterocycles. The van der Waals surface area contributed by atoms with Crippen LogP contribution in [0.1, 0.15) is 12.8 Å². The molecule has 1 aliphatic heterocycles. The van der Waals surface area contributed by atoms with Crippen molar-refractivity contribution in [2.45, 2.75) is 18.9 Å². The standard InChI is InChI=1S/C18H16Cl2N3OS/c19-13-2-1-3-15(17(13)20)21-11-6-8-23(9-7-11)18-22-14-5-4-12(24)10-16(14)25-18/h1-5,10-11,21H,6-9H2. The van der Waals surface area contributed by atoms with Crippen molar-refractivity contribution < 1.29 is 5.11 Å². The molecular weight excluding hydrogens is 377 g/mol. The summed E-state index contributed by atoms with van der Waals surface area (Å²) in [7, 11) is 0. The summed E-state index contributed by atoms with van der Waals surface area (Å²) in [5, 5.41) is 17.1. The monoisotopic (exact) mass is 392 g/mol. The largest absolute Gasteiger partial charge is 0.381 e. The molecule has 2 aromatic carbocycles. The van der Waals surface area contributed by atoms with E-state index in [1.54, 1.807) is 35.6 Å². The summed E-state index contributed by atoms with van der Waals surface area (Å²) < 4.78 is 0.952. The van der Waals surface area contributed by atoms with E-state index in [1.807, 2.05) is 12.1 Å². The number of thiazole rings is 1. The average molecular weight is 393 g/mol. The first kappa shape index (κ1) is 16.8. The van der Waals surface area contributed by atoms with E-state index in [0.29, 0.717) is 16.1 Å². The quantitative estimate of drug-likeness (QED) is 0.609. The van der Waals surface area contributed by atoms with E-state index in [2.05, 4.69) is 15.2 Å². The summed E-state index contributed by atoms with van der Waals surface area (Å²) in [6, 6.07) is 11.0. The zero-order valence-electron chi connectivity index (χ0n) is 13.3. The topological polar surface area (TPSA) is 48.1 Å². The number of rotatable bonds is 3. The summed E-state index contributed by atoms with van der Waals surface area (Å²) in [6.07, 6.45) is 1.98. The van der Waals surface area contributed by atoms with Gasteiger partial charge in [0.25, 0.3) is 0 Å². The Labute approximate surface area is 160 Å². The van der Waals surface area contributed by atoms with E-state index in [0.717, 1.165) is 47.0 Å². The molecule has 1 fully saturated rings. The van der Waals surface area contributed by atoms with Gasteiger partial charge in [0.1, 0.15) is 0 Å². The van der Waals surface area contributed by atoms with Crippen LogP contribution in [0.3, 0.4) is 0 Å². The van der Waals surface area contributed by atoms with Crippen molar-refractivity contribution in [2.75, 3.05) is 23.3 Å². The number of nitrogens with one attached hydrogen (secondary N) is 1. The number of halogens is 2. The van der Waals surface area contributed by atoms with Crippen molar-refractivity contribution >= 4 is 55.6 Å². The Hall–Kier alpha value is -1.69. The Morgan fingerprint density at radius 2 is 1.96 bits per heavy atom. The molecular formula is C18H16Cl2N3OS. The molecule has 1 aliphatic rings. The van der Waals surface area contributed by atoms with Crippen LogP contribution >= 0.6 is 34.5 Å². The maximum atomic E-state index is 11.5. The molecule has 4 rings (SSSR count). The van der Waals surface area contributed by atoms with Gasteiger partial charge in [-0.1, -0.05) is 40.6 Å². The fraction of sp³-hybridized carbons (Fsp3) is 0.278. The summed E-state index contributed by atoms with van der Waals surface area (Å²) in [5.41, 5.74) is 1.78. The first-order valence-corrected chi connectivity index (χ1v) is 9.70. The third-order valence-corrected chi connectivity index (χ3v) is 6.32. The Bertz CT molecular complexity index is 906. The molecule has 0 aliphatic carbocycles. The van der Waals surface area contributed by atoms with Crippen molar-refractivity contribution in [1.82, 2.24) is 4.98 Å². The second-order valence-electron chi connectivity index (χ2n) is 6.13. The van der Waals surface area contributed by atoms with Crippen molar-refractivity contribution in [2.24, 2.45) is 0 Å². The Morgan fingerprint density at radius 3 is 2.76 bits per heavy atom. The third kappa shape index (κ3) is 3.50. The average Bonchev–Trinajstić information content (AvgIpc) is 3.03. The summed E-state index contributed by atoms with van der Waals surface area (Å²) in [5.74, 6) is 0.0315. The van der Waals surface area contributed by atoms with E-state index in [9.17, 15) is 5.11 Å². The van der Waals surface area contributed by atoms with Crippen LogP contribution in [0.5, 0.6) is 5.75 Å². The second-order valence-corrected chi connectivity index (χ2v) is 7.93. The Morgan fingerprint density at radius 1 is 1.16 bits per heavy atom. The molecule has 0 saturated carbocycles. The van der Waals surface area contributed by atoms with E-state index in [1.165, 1.54) is 0 Å². The molecule has 4 nitrogen and oxygen atoms in total. The van der Waals surface area contributed by atoms with Crippen LogP contribution in [0.15, 0.2) is 36.4 Å². The van der Waals surface area contributed by atoms with Gasteiger partial charge in [0.05, 0.1) is 25.9 Å². The zero-order valence-corrected chi connectivity index (χ0v) is 15.7. The lowest BCUT2D eigenvalue weighted by molar-refractivity contribution is 0.355. The van der Waals surface area contributed by atoms with Gasteiger partial charge in [-0.05, 0) is 37.1 Å². The molecule has 3 aromatic rings. The number of benzene rings is 2. The van der Waals surface area contributed by atoms with Crippen molar-refractivity contribution in [3.63, 3.8) is 0 Å². The maximum absolute atomic E-state index is 11.5. The van der Waals surface area contributed by atoms with Crippen molar-refractivity contribution in [1.29, 1.82) is 0 Å². The predicted molar refractivity (Wildman–Crippen MR) is 105 cm³/mol. The van der Waals surface area contributed by atoms with Crippen LogP contribution in [0.4, 0.5) is 10.8 Å². The number of aromatic nitrogens is 1. The normalized spacial score (nSPS) is 15.7. The van der Waals surface area contributed by atoms with Gasteiger partial charge in [0, 0.05) is 25.2 Å². The van der Waals surface area contributed by atoms with Gasteiger partial charge in [-0.25, -0.2) is 4.98 Å². The highest BCUT2D eigenvalue weighted by molar-refractivity contribution is 7.22. The van der Waals surface area contributed by atoms with Gasteiger partial charge in [-0.15, -0.1) is 0 Å². The fourth-order valence-electron chi connectivity index (χ4n) is 3.08. The Balaban J connectivity index is 1.43. The molecule has 0 amide bonds. The lowest BCUT2D eigenvalue weighted by Gasteiger charge is -2.32. The van der Waals surface area contributed by atoms with Crippen LogP contribution in [-0.2, 0) is 5.11 Å². The molecule has 1 radical (unpaired) electrons. The molecule has 1 saturated heterocycles. The van der Waals surface area contributed by atoms with Crippen LogP contribution in [0.2, 0.25) is 10.0 Å². The summed E-state index contributed by atoms with van der Waals surface area (Å²) in [6.45, 7) is 1.83. The summed E-state index contributed by atoms with van der Waals surface area (Å²) in [4.78, 5) is 6.94. The van der Waals surface area contributed by atoms with Gasteiger partial charge in [-0.3, -0.25) is 5.11 Å². The number of hydrogen-bond donors (Lipinski definition) is 1. The smallest absolute Gasteiger partial charge is 0.186 e. The number of piperidine rings is 1. The van der Waals surface area contributed by atoms with E-state index in [-0.39, 0.29) is 5.75 Å². The lowest BCUT2D eigenvalue weighted by atomic mass is 10.1. The van der Waals surface area contributed by atoms with Crippen LogP contribution in [-0.4, -0.2) is 24.1 Å². The minimum atomic E-state index is 0.0315. The second kappa shape index (κ2) is 6.90. The first-order chi connectivity index (χ1) is 12.1. The van der Waals surface area contributed by atoms with E-state index in [4.69, 9.17) is 23.2 Å². The Kier molecular flexibility index (Phi) is 4.63. The van der Waals surface area contributed by atoms with Gasteiger partial charge in [-0.2, -0.15) is 0 Å². The van der Waals surface area contributed by atoms with Crippen molar-refractivity contribution in [3.8, 4) is 5.75 Å². The van der Waals surface area contributed by atoms with Gasteiger partial charge in [0.2, 0.25) is 0 Å². The van der Waals surface area contributed by atoms with Crippen LogP contribution in [0, 0.1) is 0 Å². The highest BCUT2D eigenvalue weighted by Gasteiger charge is 2.22. The van der Waals surface area contributed by atoms with Crippen molar-refractivity contribution in [3.05, 3.63) is 46.4 Å². The molecule has 0 unspecified atom stereocenters. The van der Waals surface area contributed by atoms with Gasteiger partial charge in [0.15, 0.2) is 10.9 Å². The minimum absolute atomic E-state index is 0.0315. The first-order valence-electron chi connectivity index (χ1n) is 8.13. The van der Waals surface area contributed by atoms with Gasteiger partial charge >= 0.3 is 0 Å². The predicted octanol–water partition coefficient (Wildman–Crippen LogP) is 5.83. The number of anilines is 2. The third-order valence-electron chi connectivity index (χ3n) is 4.43. The number of hydrogen-bond acceptors (Lipinski definition) is 4. The molecule has 0 spiro atoms. The zero-order chi connectivity index (χ0) is 17.4. The molecule has 1 N–H and O–H groups in total. The van der Waals surface area contributed by atoms with E-state index < -0.39 is 0 Å². The molecule has 129 valence electrons.